The van der Waals surface area contributed by atoms with Crippen molar-refractivity contribution in [3.63, 3.8) is 0 Å². The Morgan fingerprint density at radius 3 is 2.91 bits per heavy atom. The molecule has 0 bridgehead atoms. The lowest BCUT2D eigenvalue weighted by atomic mass is 10.0. The maximum atomic E-state index is 12.6. The van der Waals surface area contributed by atoms with Gasteiger partial charge in [-0.05, 0) is 25.0 Å². The van der Waals surface area contributed by atoms with E-state index in [9.17, 15) is 9.90 Å². The Bertz CT molecular complexity index is 698. The van der Waals surface area contributed by atoms with Gasteiger partial charge in [0.1, 0.15) is 0 Å². The van der Waals surface area contributed by atoms with Crippen molar-refractivity contribution in [1.29, 1.82) is 0 Å². The second-order valence-electron chi connectivity index (χ2n) is 6.16. The lowest BCUT2D eigenvalue weighted by molar-refractivity contribution is 0.0693. The zero-order valence-corrected chi connectivity index (χ0v) is 13.4. The van der Waals surface area contributed by atoms with E-state index in [2.05, 4.69) is 10.1 Å². The number of aryl methyl sites for hydroxylation is 1. The summed E-state index contributed by atoms with van der Waals surface area (Å²) >= 11 is 0. The van der Waals surface area contributed by atoms with Crippen molar-refractivity contribution < 1.29 is 14.4 Å². The molecule has 1 saturated carbocycles. The van der Waals surface area contributed by atoms with Crippen molar-refractivity contribution >= 4 is 5.91 Å². The van der Waals surface area contributed by atoms with Crippen LogP contribution in [0.1, 0.15) is 35.5 Å². The summed E-state index contributed by atoms with van der Waals surface area (Å²) in [6.07, 6.45) is 2.54. The first kappa shape index (κ1) is 15.7. The predicted molar refractivity (Wildman–Crippen MR) is 84.8 cm³/mol. The maximum absolute atomic E-state index is 12.6. The lowest BCUT2D eigenvalue weighted by Gasteiger charge is -2.23. The van der Waals surface area contributed by atoms with Crippen molar-refractivity contribution in [2.45, 2.75) is 32.3 Å². The zero-order valence-electron chi connectivity index (χ0n) is 13.4. The summed E-state index contributed by atoms with van der Waals surface area (Å²) in [4.78, 5) is 18.5. The van der Waals surface area contributed by atoms with Gasteiger partial charge in [-0.25, -0.2) is 0 Å². The van der Waals surface area contributed by atoms with Gasteiger partial charge in [0.2, 0.25) is 11.7 Å². The molecule has 6 heteroatoms. The van der Waals surface area contributed by atoms with Gasteiger partial charge in [0, 0.05) is 37.6 Å². The van der Waals surface area contributed by atoms with Crippen LogP contribution in [0.25, 0.3) is 11.4 Å². The molecule has 0 radical (unpaired) electrons. The molecule has 1 aromatic carbocycles. The summed E-state index contributed by atoms with van der Waals surface area (Å²) in [5.74, 6) is 1.08. The zero-order chi connectivity index (χ0) is 16.4. The SMILES string of the molecule is Cc1nc(-c2cccc(C(=O)N(C)CC3CCCC3O)c2)no1. The van der Waals surface area contributed by atoms with Crippen LogP contribution in [0.2, 0.25) is 0 Å². The fourth-order valence-corrected chi connectivity index (χ4v) is 3.09. The first-order valence-corrected chi connectivity index (χ1v) is 7.89. The van der Waals surface area contributed by atoms with Crippen molar-refractivity contribution in [1.82, 2.24) is 15.0 Å². The minimum Gasteiger partial charge on any atom is -0.393 e. The second-order valence-corrected chi connectivity index (χ2v) is 6.16. The van der Waals surface area contributed by atoms with E-state index in [-0.39, 0.29) is 17.9 Å². The van der Waals surface area contributed by atoms with Crippen LogP contribution in [0.4, 0.5) is 0 Å². The number of aromatic nitrogens is 2. The number of aliphatic hydroxyl groups is 1. The molecule has 1 aliphatic rings. The van der Waals surface area contributed by atoms with E-state index in [0.29, 0.717) is 23.8 Å². The molecule has 1 fully saturated rings. The van der Waals surface area contributed by atoms with Crippen molar-refractivity contribution in [2.24, 2.45) is 5.92 Å². The minimum atomic E-state index is -0.293. The topological polar surface area (TPSA) is 79.5 Å². The number of aliphatic hydroxyl groups excluding tert-OH is 1. The van der Waals surface area contributed by atoms with Gasteiger partial charge in [0.05, 0.1) is 6.10 Å². The van der Waals surface area contributed by atoms with E-state index in [1.54, 1.807) is 31.0 Å². The largest absolute Gasteiger partial charge is 0.393 e. The van der Waals surface area contributed by atoms with Crippen LogP contribution in [-0.4, -0.2) is 45.8 Å². The van der Waals surface area contributed by atoms with E-state index < -0.39 is 0 Å². The molecule has 0 spiro atoms. The van der Waals surface area contributed by atoms with Gasteiger partial charge in [0.15, 0.2) is 0 Å². The van der Waals surface area contributed by atoms with Crippen molar-refractivity contribution in [3.05, 3.63) is 35.7 Å². The second kappa shape index (κ2) is 6.50. The Kier molecular flexibility index (Phi) is 4.43. The van der Waals surface area contributed by atoms with Gasteiger partial charge in [-0.15, -0.1) is 0 Å². The van der Waals surface area contributed by atoms with Crippen LogP contribution in [-0.2, 0) is 0 Å². The third kappa shape index (κ3) is 3.42. The summed E-state index contributed by atoms with van der Waals surface area (Å²) in [5.41, 5.74) is 1.34. The number of carbonyl (C=O) groups is 1. The smallest absolute Gasteiger partial charge is 0.253 e. The molecule has 1 aliphatic carbocycles. The number of benzene rings is 1. The van der Waals surface area contributed by atoms with Crippen LogP contribution in [0.5, 0.6) is 0 Å². The number of rotatable bonds is 4. The summed E-state index contributed by atoms with van der Waals surface area (Å²) in [6.45, 7) is 2.30. The molecule has 1 heterocycles. The molecular weight excluding hydrogens is 294 g/mol. The Balaban J connectivity index is 1.74. The van der Waals surface area contributed by atoms with Crippen molar-refractivity contribution in [3.8, 4) is 11.4 Å². The highest BCUT2D eigenvalue weighted by Crippen LogP contribution is 2.26. The summed E-state index contributed by atoms with van der Waals surface area (Å²) in [7, 11) is 1.78. The predicted octanol–water partition coefficient (Wildman–Crippen LogP) is 2.28. The fourth-order valence-electron chi connectivity index (χ4n) is 3.09. The highest BCUT2D eigenvalue weighted by atomic mass is 16.5. The van der Waals surface area contributed by atoms with Gasteiger partial charge >= 0.3 is 0 Å². The molecule has 2 atom stereocenters. The van der Waals surface area contributed by atoms with E-state index in [4.69, 9.17) is 4.52 Å². The van der Waals surface area contributed by atoms with E-state index in [1.165, 1.54) is 0 Å². The summed E-state index contributed by atoms with van der Waals surface area (Å²) in [6, 6.07) is 7.21. The normalized spacial score (nSPS) is 20.7. The van der Waals surface area contributed by atoms with Gasteiger partial charge < -0.3 is 14.5 Å². The van der Waals surface area contributed by atoms with E-state index in [0.717, 1.165) is 24.8 Å². The molecule has 2 unspecified atom stereocenters. The van der Waals surface area contributed by atoms with Crippen LogP contribution >= 0.6 is 0 Å². The number of amides is 1. The number of hydrogen-bond donors (Lipinski definition) is 1. The highest BCUT2D eigenvalue weighted by Gasteiger charge is 2.27. The average molecular weight is 315 g/mol. The Hall–Kier alpha value is -2.21. The molecular formula is C17H21N3O3. The van der Waals surface area contributed by atoms with Gasteiger partial charge in [-0.1, -0.05) is 23.7 Å². The summed E-state index contributed by atoms with van der Waals surface area (Å²) in [5, 5.41) is 13.8. The first-order chi connectivity index (χ1) is 11.0. The number of nitrogens with zero attached hydrogens (tertiary/aromatic N) is 3. The third-order valence-corrected chi connectivity index (χ3v) is 4.37. The molecule has 2 aromatic rings. The third-order valence-electron chi connectivity index (χ3n) is 4.37. The van der Waals surface area contributed by atoms with E-state index in [1.807, 2.05) is 12.1 Å². The maximum Gasteiger partial charge on any atom is 0.253 e. The quantitative estimate of drug-likeness (QED) is 0.936. The number of carbonyl (C=O) groups excluding carboxylic acids is 1. The first-order valence-electron chi connectivity index (χ1n) is 7.89. The Morgan fingerprint density at radius 1 is 1.43 bits per heavy atom. The molecule has 3 rings (SSSR count). The standard InChI is InChI=1S/C17H21N3O3/c1-11-18-16(19-23-11)12-5-3-6-13(9-12)17(22)20(2)10-14-7-4-8-15(14)21/h3,5-6,9,14-15,21H,4,7-8,10H2,1-2H3. The van der Waals surface area contributed by atoms with Gasteiger partial charge in [0.25, 0.3) is 5.91 Å². The highest BCUT2D eigenvalue weighted by molar-refractivity contribution is 5.95. The minimum absolute atomic E-state index is 0.0637. The molecule has 0 aliphatic heterocycles. The molecule has 1 aromatic heterocycles. The Morgan fingerprint density at radius 2 is 2.26 bits per heavy atom. The van der Waals surface area contributed by atoms with Crippen molar-refractivity contribution in [2.75, 3.05) is 13.6 Å². The molecule has 122 valence electrons. The average Bonchev–Trinajstić information content (AvgIpc) is 3.16. The van der Waals surface area contributed by atoms with Gasteiger partial charge in [-0.3, -0.25) is 4.79 Å². The van der Waals surface area contributed by atoms with E-state index >= 15 is 0 Å². The fraction of sp³-hybridized carbons (Fsp3) is 0.471. The van der Waals surface area contributed by atoms with Crippen LogP contribution in [0.15, 0.2) is 28.8 Å². The monoisotopic (exact) mass is 315 g/mol. The molecule has 1 amide bonds. The molecule has 1 N–H and O–H groups in total. The summed E-state index contributed by atoms with van der Waals surface area (Å²) < 4.78 is 4.98. The number of hydrogen-bond acceptors (Lipinski definition) is 5. The van der Waals surface area contributed by atoms with Crippen LogP contribution < -0.4 is 0 Å². The Labute approximate surface area is 135 Å². The molecule has 6 nitrogen and oxygen atoms in total. The van der Waals surface area contributed by atoms with Gasteiger partial charge in [-0.2, -0.15) is 4.98 Å². The van der Waals surface area contributed by atoms with Crippen LogP contribution in [0, 0.1) is 12.8 Å². The lowest BCUT2D eigenvalue weighted by Crippen LogP contribution is -2.34. The molecule has 23 heavy (non-hydrogen) atoms. The molecule has 0 saturated heterocycles. The van der Waals surface area contributed by atoms with Crippen LogP contribution in [0.3, 0.4) is 0 Å².